The number of benzene rings is 2. The number of amides is 2. The highest BCUT2D eigenvalue weighted by molar-refractivity contribution is 7.18. The zero-order chi connectivity index (χ0) is 16.2. The van der Waals surface area contributed by atoms with Crippen molar-refractivity contribution in [3.05, 3.63) is 58.6 Å². The van der Waals surface area contributed by atoms with Crippen LogP contribution in [0, 0.1) is 0 Å². The van der Waals surface area contributed by atoms with Gasteiger partial charge in [0.1, 0.15) is 5.01 Å². The maximum Gasteiger partial charge on any atom is 0.325 e. The molecule has 0 spiro atoms. The molecule has 8 heteroatoms. The average molecular weight is 365 g/mol. The summed E-state index contributed by atoms with van der Waals surface area (Å²) in [6.07, 6.45) is 0. The van der Waals surface area contributed by atoms with E-state index in [1.165, 1.54) is 11.3 Å². The Bertz CT molecular complexity index is 818. The molecule has 0 aliphatic carbocycles. The van der Waals surface area contributed by atoms with E-state index in [0.29, 0.717) is 25.9 Å². The summed E-state index contributed by atoms with van der Waals surface area (Å²) in [5, 5.41) is 15.7. The van der Waals surface area contributed by atoms with Gasteiger partial charge in [0, 0.05) is 21.3 Å². The van der Waals surface area contributed by atoms with Gasteiger partial charge in [-0.25, -0.2) is 4.79 Å². The van der Waals surface area contributed by atoms with Gasteiger partial charge in [-0.05, 0) is 36.4 Å². The second kappa shape index (κ2) is 6.95. The predicted octanol–water partition coefficient (Wildman–Crippen LogP) is 5.16. The van der Waals surface area contributed by atoms with Gasteiger partial charge in [0.05, 0.1) is 0 Å². The maximum atomic E-state index is 11.9. The molecule has 0 aliphatic rings. The van der Waals surface area contributed by atoms with E-state index in [-0.39, 0.29) is 0 Å². The standard InChI is InChI=1S/C15H10Cl2N4OS/c16-10-3-1-9(2-4-10)13-20-21-15(23-13)19-14(22)18-12-7-5-11(17)6-8-12/h1-8H,(H2,18,19,21,22). The summed E-state index contributed by atoms with van der Waals surface area (Å²) in [5.41, 5.74) is 1.52. The smallest absolute Gasteiger partial charge is 0.308 e. The zero-order valence-corrected chi connectivity index (χ0v) is 13.9. The van der Waals surface area contributed by atoms with Gasteiger partial charge in [-0.2, -0.15) is 0 Å². The molecule has 116 valence electrons. The van der Waals surface area contributed by atoms with Crippen molar-refractivity contribution in [2.24, 2.45) is 0 Å². The highest BCUT2D eigenvalue weighted by Crippen LogP contribution is 2.27. The summed E-state index contributed by atoms with van der Waals surface area (Å²) in [6, 6.07) is 13.7. The van der Waals surface area contributed by atoms with Crippen molar-refractivity contribution >= 4 is 51.4 Å². The lowest BCUT2D eigenvalue weighted by Gasteiger charge is -2.04. The molecule has 1 aromatic heterocycles. The average Bonchev–Trinajstić information content (AvgIpc) is 2.98. The molecule has 0 bridgehead atoms. The van der Waals surface area contributed by atoms with Crippen molar-refractivity contribution in [2.75, 3.05) is 10.6 Å². The first kappa shape index (κ1) is 15.7. The van der Waals surface area contributed by atoms with E-state index in [1.54, 1.807) is 36.4 Å². The van der Waals surface area contributed by atoms with Gasteiger partial charge < -0.3 is 5.32 Å². The van der Waals surface area contributed by atoms with Crippen molar-refractivity contribution in [1.82, 2.24) is 10.2 Å². The number of anilines is 2. The van der Waals surface area contributed by atoms with Crippen LogP contribution in [0.5, 0.6) is 0 Å². The lowest BCUT2D eigenvalue weighted by molar-refractivity contribution is 0.262. The first-order valence-electron chi connectivity index (χ1n) is 6.53. The Morgan fingerprint density at radius 3 is 2.13 bits per heavy atom. The third kappa shape index (κ3) is 4.19. The first-order valence-corrected chi connectivity index (χ1v) is 8.10. The highest BCUT2D eigenvalue weighted by Gasteiger charge is 2.09. The number of carbonyl (C=O) groups is 1. The Morgan fingerprint density at radius 2 is 1.48 bits per heavy atom. The number of aromatic nitrogens is 2. The molecule has 0 atom stereocenters. The number of hydrogen-bond donors (Lipinski definition) is 2. The van der Waals surface area contributed by atoms with Crippen molar-refractivity contribution in [1.29, 1.82) is 0 Å². The van der Waals surface area contributed by atoms with Crippen LogP contribution in [0.3, 0.4) is 0 Å². The Hall–Kier alpha value is -2.15. The fourth-order valence-corrected chi connectivity index (χ4v) is 2.77. The zero-order valence-electron chi connectivity index (χ0n) is 11.6. The second-order valence-corrected chi connectivity index (χ2v) is 6.36. The van der Waals surface area contributed by atoms with E-state index in [4.69, 9.17) is 23.2 Å². The number of carbonyl (C=O) groups excluding carboxylic acids is 1. The molecule has 0 fully saturated rings. The molecule has 3 aromatic rings. The SMILES string of the molecule is O=C(Nc1ccc(Cl)cc1)Nc1nnc(-c2ccc(Cl)cc2)s1. The summed E-state index contributed by atoms with van der Waals surface area (Å²) in [6.45, 7) is 0. The second-order valence-electron chi connectivity index (χ2n) is 4.51. The fraction of sp³-hybridized carbons (Fsp3) is 0. The van der Waals surface area contributed by atoms with Crippen LogP contribution in [0.25, 0.3) is 10.6 Å². The number of urea groups is 1. The van der Waals surface area contributed by atoms with E-state index in [9.17, 15) is 4.79 Å². The lowest BCUT2D eigenvalue weighted by atomic mass is 10.2. The van der Waals surface area contributed by atoms with Gasteiger partial charge in [0.2, 0.25) is 5.13 Å². The number of nitrogens with zero attached hydrogens (tertiary/aromatic N) is 2. The fourth-order valence-electron chi connectivity index (χ4n) is 1.78. The third-order valence-corrected chi connectivity index (χ3v) is 4.23. The van der Waals surface area contributed by atoms with Crippen LogP contribution < -0.4 is 10.6 Å². The molecule has 0 unspecified atom stereocenters. The number of rotatable bonds is 3. The molecule has 0 saturated carbocycles. The molecule has 0 radical (unpaired) electrons. The van der Waals surface area contributed by atoms with Gasteiger partial charge >= 0.3 is 6.03 Å². The molecule has 3 rings (SSSR count). The number of nitrogens with one attached hydrogen (secondary N) is 2. The normalized spacial score (nSPS) is 10.3. The van der Waals surface area contributed by atoms with Crippen molar-refractivity contribution in [3.63, 3.8) is 0 Å². The minimum atomic E-state index is -0.397. The van der Waals surface area contributed by atoms with Gasteiger partial charge in [-0.1, -0.05) is 46.7 Å². The molecule has 2 N–H and O–H groups in total. The Morgan fingerprint density at radius 1 is 0.870 bits per heavy atom. The molecule has 0 saturated heterocycles. The Balaban J connectivity index is 1.65. The Kier molecular flexibility index (Phi) is 4.76. The quantitative estimate of drug-likeness (QED) is 0.674. The molecule has 2 amide bonds. The van der Waals surface area contributed by atoms with E-state index in [1.807, 2.05) is 12.1 Å². The van der Waals surface area contributed by atoms with E-state index in [2.05, 4.69) is 20.8 Å². The van der Waals surface area contributed by atoms with Crippen LogP contribution in [0.15, 0.2) is 48.5 Å². The topological polar surface area (TPSA) is 66.9 Å². The van der Waals surface area contributed by atoms with E-state index >= 15 is 0 Å². The Labute approximate surface area is 146 Å². The van der Waals surface area contributed by atoms with Crippen LogP contribution in [-0.2, 0) is 0 Å². The molecular weight excluding hydrogens is 355 g/mol. The minimum absolute atomic E-state index is 0.397. The molecular formula is C15H10Cl2N4OS. The lowest BCUT2D eigenvalue weighted by Crippen LogP contribution is -2.19. The molecule has 2 aromatic carbocycles. The van der Waals surface area contributed by atoms with Gasteiger partial charge in [-0.15, -0.1) is 10.2 Å². The van der Waals surface area contributed by atoms with Crippen LogP contribution in [0.1, 0.15) is 0 Å². The summed E-state index contributed by atoms with van der Waals surface area (Å²) in [7, 11) is 0. The van der Waals surface area contributed by atoms with Crippen LogP contribution >= 0.6 is 34.5 Å². The van der Waals surface area contributed by atoms with Crippen LogP contribution in [-0.4, -0.2) is 16.2 Å². The van der Waals surface area contributed by atoms with Crippen LogP contribution in [0.4, 0.5) is 15.6 Å². The third-order valence-electron chi connectivity index (χ3n) is 2.84. The molecule has 23 heavy (non-hydrogen) atoms. The summed E-state index contributed by atoms with van der Waals surface area (Å²) < 4.78 is 0. The summed E-state index contributed by atoms with van der Waals surface area (Å²) in [4.78, 5) is 11.9. The number of hydrogen-bond acceptors (Lipinski definition) is 4. The van der Waals surface area contributed by atoms with Crippen molar-refractivity contribution in [3.8, 4) is 10.6 Å². The minimum Gasteiger partial charge on any atom is -0.308 e. The highest BCUT2D eigenvalue weighted by atomic mass is 35.5. The largest absolute Gasteiger partial charge is 0.325 e. The van der Waals surface area contributed by atoms with Gasteiger partial charge in [-0.3, -0.25) is 5.32 Å². The van der Waals surface area contributed by atoms with Gasteiger partial charge in [0.25, 0.3) is 0 Å². The van der Waals surface area contributed by atoms with E-state index < -0.39 is 6.03 Å². The predicted molar refractivity (Wildman–Crippen MR) is 94.4 cm³/mol. The van der Waals surface area contributed by atoms with Gasteiger partial charge in [0.15, 0.2) is 0 Å². The monoisotopic (exact) mass is 364 g/mol. The summed E-state index contributed by atoms with van der Waals surface area (Å²) >= 11 is 12.9. The number of halogens is 2. The molecule has 5 nitrogen and oxygen atoms in total. The van der Waals surface area contributed by atoms with E-state index in [0.717, 1.165) is 5.56 Å². The maximum absolute atomic E-state index is 11.9. The molecule has 1 heterocycles. The van der Waals surface area contributed by atoms with Crippen molar-refractivity contribution < 1.29 is 4.79 Å². The summed E-state index contributed by atoms with van der Waals surface area (Å²) in [5.74, 6) is 0. The van der Waals surface area contributed by atoms with Crippen LogP contribution in [0.2, 0.25) is 10.0 Å². The first-order chi connectivity index (χ1) is 11.1. The van der Waals surface area contributed by atoms with Crippen molar-refractivity contribution in [2.45, 2.75) is 0 Å². The molecule has 0 aliphatic heterocycles.